The summed E-state index contributed by atoms with van der Waals surface area (Å²) in [6.45, 7) is 2.20. The Morgan fingerprint density at radius 3 is 2.57 bits per heavy atom. The van der Waals surface area contributed by atoms with Gasteiger partial charge in [-0.25, -0.2) is 0 Å². The maximum absolute atomic E-state index is 12.0. The number of hydrogen-bond acceptors (Lipinski definition) is 5. The molecule has 1 aromatic rings. The van der Waals surface area contributed by atoms with Gasteiger partial charge in [-0.2, -0.15) is 0 Å². The van der Waals surface area contributed by atoms with Gasteiger partial charge in [-0.1, -0.05) is 6.92 Å². The Morgan fingerprint density at radius 2 is 2.00 bits per heavy atom. The number of nitrogens with one attached hydrogen (secondary N) is 3. The highest BCUT2D eigenvalue weighted by Crippen LogP contribution is 2.22. The van der Waals surface area contributed by atoms with Gasteiger partial charge in [-0.15, -0.1) is 0 Å². The second kappa shape index (κ2) is 7.83. The zero-order chi connectivity index (χ0) is 15.8. The number of carbonyl (C=O) groups is 2. The van der Waals surface area contributed by atoms with Crippen LogP contribution < -0.4 is 16.0 Å². The molecular weight excluding hydrogens is 276 g/mol. The van der Waals surface area contributed by atoms with Gasteiger partial charge in [0.05, 0.1) is 11.5 Å². The molecule has 0 fully saturated rings. The zero-order valence-corrected chi connectivity index (χ0v) is 11.9. The maximum Gasteiger partial charge on any atom is 0.282 e. The third-order valence-electron chi connectivity index (χ3n) is 2.71. The summed E-state index contributed by atoms with van der Waals surface area (Å²) in [5.74, 6) is -0.997. The molecule has 8 nitrogen and oxygen atoms in total. The summed E-state index contributed by atoms with van der Waals surface area (Å²) < 4.78 is 0. The van der Waals surface area contributed by atoms with Crippen LogP contribution in [0.4, 0.5) is 11.4 Å². The lowest BCUT2D eigenvalue weighted by molar-refractivity contribution is -0.385. The number of hydrogen-bond donors (Lipinski definition) is 3. The number of nitro benzene ring substituents is 1. The van der Waals surface area contributed by atoms with Crippen molar-refractivity contribution >= 4 is 23.2 Å². The Hall–Kier alpha value is -2.64. The van der Waals surface area contributed by atoms with Crippen LogP contribution in [0.25, 0.3) is 0 Å². The number of benzene rings is 1. The third-order valence-corrected chi connectivity index (χ3v) is 2.71. The standard InChI is InChI=1S/C13H18N4O4/c1-3-6-15-12(18)8-16-13(19)10-7-9(14-2)4-5-11(10)17(20)21/h4-5,7,14H,3,6,8H2,1-2H3,(H,15,18)(H,16,19). The molecule has 0 saturated carbocycles. The molecule has 3 N–H and O–H groups in total. The molecule has 0 bridgehead atoms. The largest absolute Gasteiger partial charge is 0.388 e. The second-order valence-electron chi connectivity index (χ2n) is 4.27. The number of amides is 2. The molecule has 0 aliphatic heterocycles. The van der Waals surface area contributed by atoms with E-state index in [0.717, 1.165) is 6.42 Å². The van der Waals surface area contributed by atoms with Crippen LogP contribution in [0.1, 0.15) is 23.7 Å². The summed E-state index contributed by atoms with van der Waals surface area (Å²) in [4.78, 5) is 33.7. The lowest BCUT2D eigenvalue weighted by Gasteiger charge is -2.08. The minimum Gasteiger partial charge on any atom is -0.388 e. The van der Waals surface area contributed by atoms with Crippen LogP contribution in [0.3, 0.4) is 0 Å². The van der Waals surface area contributed by atoms with Gasteiger partial charge in [0.2, 0.25) is 5.91 Å². The normalized spacial score (nSPS) is 9.81. The van der Waals surface area contributed by atoms with Crippen LogP contribution in [-0.2, 0) is 4.79 Å². The van der Waals surface area contributed by atoms with E-state index < -0.39 is 10.8 Å². The van der Waals surface area contributed by atoms with Crippen molar-refractivity contribution in [1.29, 1.82) is 0 Å². The molecule has 0 radical (unpaired) electrons. The first-order valence-electron chi connectivity index (χ1n) is 6.50. The summed E-state index contributed by atoms with van der Waals surface area (Å²) in [5, 5.41) is 18.7. The molecule has 0 atom stereocenters. The molecule has 2 amide bonds. The fraction of sp³-hybridized carbons (Fsp3) is 0.385. The molecule has 8 heteroatoms. The first-order valence-corrected chi connectivity index (χ1v) is 6.50. The maximum atomic E-state index is 12.0. The molecule has 0 aromatic heterocycles. The quantitative estimate of drug-likeness (QED) is 0.510. The molecular formula is C13H18N4O4. The Kier molecular flexibility index (Phi) is 6.12. The van der Waals surface area contributed by atoms with Gasteiger partial charge in [-0.3, -0.25) is 19.7 Å². The van der Waals surface area contributed by atoms with Crippen molar-refractivity contribution in [1.82, 2.24) is 10.6 Å². The zero-order valence-electron chi connectivity index (χ0n) is 11.9. The Labute approximate surface area is 122 Å². The van der Waals surface area contributed by atoms with Crippen molar-refractivity contribution in [3.05, 3.63) is 33.9 Å². The number of anilines is 1. The smallest absolute Gasteiger partial charge is 0.282 e. The van der Waals surface area contributed by atoms with E-state index in [-0.39, 0.29) is 23.7 Å². The predicted molar refractivity (Wildman–Crippen MR) is 78.3 cm³/mol. The van der Waals surface area contributed by atoms with E-state index in [9.17, 15) is 19.7 Å². The number of nitro groups is 1. The fourth-order valence-electron chi connectivity index (χ4n) is 1.62. The van der Waals surface area contributed by atoms with Gasteiger partial charge in [0.25, 0.3) is 11.6 Å². The SMILES string of the molecule is CCCNC(=O)CNC(=O)c1cc(NC)ccc1[N+](=O)[O-]. The summed E-state index contributed by atoms with van der Waals surface area (Å²) in [7, 11) is 1.64. The minimum atomic E-state index is -0.662. The van der Waals surface area contributed by atoms with Crippen molar-refractivity contribution in [2.24, 2.45) is 0 Å². The topological polar surface area (TPSA) is 113 Å². The molecule has 1 aromatic carbocycles. The van der Waals surface area contributed by atoms with Crippen molar-refractivity contribution in [2.75, 3.05) is 25.5 Å². The van der Waals surface area contributed by atoms with E-state index in [1.54, 1.807) is 7.05 Å². The number of rotatable bonds is 7. The number of nitrogens with zero attached hydrogens (tertiary/aromatic N) is 1. The lowest BCUT2D eigenvalue weighted by Crippen LogP contribution is -2.37. The molecule has 114 valence electrons. The van der Waals surface area contributed by atoms with Gasteiger partial charge in [-0.05, 0) is 18.6 Å². The average molecular weight is 294 g/mol. The summed E-state index contributed by atoms with van der Waals surface area (Å²) in [5.41, 5.74) is 0.178. The highest BCUT2D eigenvalue weighted by atomic mass is 16.6. The van der Waals surface area contributed by atoms with E-state index in [1.165, 1.54) is 18.2 Å². The molecule has 21 heavy (non-hydrogen) atoms. The van der Waals surface area contributed by atoms with Crippen molar-refractivity contribution in [3.8, 4) is 0 Å². The van der Waals surface area contributed by atoms with E-state index in [2.05, 4.69) is 16.0 Å². The Bertz CT molecular complexity index is 545. The number of carbonyl (C=O) groups excluding carboxylic acids is 2. The predicted octanol–water partition coefficient (Wildman–Crippen LogP) is 0.892. The Morgan fingerprint density at radius 1 is 1.29 bits per heavy atom. The Balaban J connectivity index is 2.81. The van der Waals surface area contributed by atoms with Crippen molar-refractivity contribution in [3.63, 3.8) is 0 Å². The van der Waals surface area contributed by atoms with Crippen LogP contribution in [0.2, 0.25) is 0 Å². The lowest BCUT2D eigenvalue weighted by atomic mass is 10.1. The first-order chi connectivity index (χ1) is 9.99. The summed E-state index contributed by atoms with van der Waals surface area (Å²) in [6.07, 6.45) is 0.787. The monoisotopic (exact) mass is 294 g/mol. The van der Waals surface area contributed by atoms with E-state index in [0.29, 0.717) is 12.2 Å². The minimum absolute atomic E-state index is 0.0878. The van der Waals surface area contributed by atoms with Gasteiger partial charge >= 0.3 is 0 Å². The molecule has 0 heterocycles. The summed E-state index contributed by atoms with van der Waals surface area (Å²) in [6, 6.07) is 4.12. The van der Waals surface area contributed by atoms with Crippen LogP contribution >= 0.6 is 0 Å². The van der Waals surface area contributed by atoms with Gasteiger partial charge < -0.3 is 16.0 Å². The van der Waals surface area contributed by atoms with Gasteiger partial charge in [0.1, 0.15) is 5.56 Å². The summed E-state index contributed by atoms with van der Waals surface area (Å²) >= 11 is 0. The van der Waals surface area contributed by atoms with Crippen LogP contribution in [0.15, 0.2) is 18.2 Å². The fourth-order valence-corrected chi connectivity index (χ4v) is 1.62. The molecule has 1 rings (SSSR count). The van der Waals surface area contributed by atoms with E-state index in [1.807, 2.05) is 6.92 Å². The molecule has 0 unspecified atom stereocenters. The molecule has 0 spiro atoms. The van der Waals surface area contributed by atoms with Crippen LogP contribution in [-0.4, -0.2) is 36.9 Å². The third kappa shape index (κ3) is 4.75. The molecule has 0 saturated heterocycles. The molecule has 0 aliphatic rings. The van der Waals surface area contributed by atoms with Crippen molar-refractivity contribution in [2.45, 2.75) is 13.3 Å². The second-order valence-corrected chi connectivity index (χ2v) is 4.27. The van der Waals surface area contributed by atoms with E-state index in [4.69, 9.17) is 0 Å². The van der Waals surface area contributed by atoms with Gasteiger partial charge in [0.15, 0.2) is 0 Å². The average Bonchev–Trinajstić information content (AvgIpc) is 2.49. The van der Waals surface area contributed by atoms with Gasteiger partial charge in [0, 0.05) is 25.3 Å². The first kappa shape index (κ1) is 16.4. The van der Waals surface area contributed by atoms with Crippen LogP contribution in [0.5, 0.6) is 0 Å². The highest BCUT2D eigenvalue weighted by Gasteiger charge is 2.20. The van der Waals surface area contributed by atoms with Crippen molar-refractivity contribution < 1.29 is 14.5 Å². The highest BCUT2D eigenvalue weighted by molar-refractivity contribution is 6.00. The van der Waals surface area contributed by atoms with Crippen LogP contribution in [0, 0.1) is 10.1 Å². The molecule has 0 aliphatic carbocycles. The van der Waals surface area contributed by atoms with E-state index >= 15 is 0 Å².